The van der Waals surface area contributed by atoms with Crippen molar-refractivity contribution in [3.8, 4) is 0 Å². The maximum atomic E-state index is 12.5. The number of nitrogens with zero attached hydrogens (tertiary/aromatic N) is 2. The summed E-state index contributed by atoms with van der Waals surface area (Å²) >= 11 is 1.20. The first-order chi connectivity index (χ1) is 12.8. The van der Waals surface area contributed by atoms with E-state index in [2.05, 4.69) is 5.32 Å². The van der Waals surface area contributed by atoms with Crippen molar-refractivity contribution >= 4 is 33.2 Å². The lowest BCUT2D eigenvalue weighted by atomic mass is 9.99. The summed E-state index contributed by atoms with van der Waals surface area (Å²) in [6.45, 7) is 5.54. The van der Waals surface area contributed by atoms with Crippen LogP contribution in [0.1, 0.15) is 20.3 Å². The van der Waals surface area contributed by atoms with E-state index in [1.165, 1.54) is 22.8 Å². The van der Waals surface area contributed by atoms with Crippen molar-refractivity contribution in [3.05, 3.63) is 17.5 Å². The fourth-order valence-electron chi connectivity index (χ4n) is 2.88. The molecular weight excluding hydrogens is 390 g/mol. The van der Waals surface area contributed by atoms with Gasteiger partial charge in [0, 0.05) is 26.2 Å². The second-order valence-corrected chi connectivity index (χ2v) is 9.68. The Bertz CT molecular complexity index is 728. The lowest BCUT2D eigenvalue weighted by molar-refractivity contribution is -0.146. The zero-order valence-corrected chi connectivity index (χ0v) is 17.5. The summed E-state index contributed by atoms with van der Waals surface area (Å²) in [5.74, 6) is -0.751. The fraction of sp³-hybridized carbons (Fsp3) is 0.647. The van der Waals surface area contributed by atoms with Crippen molar-refractivity contribution in [2.24, 2.45) is 5.92 Å². The van der Waals surface area contributed by atoms with Gasteiger partial charge < -0.3 is 10.1 Å². The quantitative estimate of drug-likeness (QED) is 0.628. The molecule has 1 aromatic heterocycles. The van der Waals surface area contributed by atoms with Gasteiger partial charge in [0.15, 0.2) is 0 Å². The third kappa shape index (κ3) is 5.50. The number of ether oxygens (including phenoxy) is 1. The average molecular weight is 418 g/mol. The minimum atomic E-state index is -3.46. The van der Waals surface area contributed by atoms with Gasteiger partial charge in [0.1, 0.15) is 10.3 Å². The topological polar surface area (TPSA) is 96.0 Å². The Kier molecular flexibility index (Phi) is 7.78. The average Bonchev–Trinajstić information content (AvgIpc) is 3.21. The molecule has 2 rings (SSSR count). The molecule has 152 valence electrons. The van der Waals surface area contributed by atoms with Crippen LogP contribution < -0.4 is 5.32 Å². The van der Waals surface area contributed by atoms with Gasteiger partial charge in [-0.2, -0.15) is 4.31 Å². The molecule has 0 spiro atoms. The molecule has 0 radical (unpaired) electrons. The van der Waals surface area contributed by atoms with Crippen LogP contribution in [0, 0.1) is 5.92 Å². The van der Waals surface area contributed by atoms with Crippen LogP contribution in [-0.4, -0.2) is 75.4 Å². The third-order valence-electron chi connectivity index (χ3n) is 4.77. The minimum absolute atomic E-state index is 0.0332. The maximum absolute atomic E-state index is 12.5. The minimum Gasteiger partial charge on any atom is -0.467 e. The largest absolute Gasteiger partial charge is 0.467 e. The Morgan fingerprint density at radius 1 is 1.30 bits per heavy atom. The third-order valence-corrected chi connectivity index (χ3v) is 8.04. The number of hydrogen-bond donors (Lipinski definition) is 1. The predicted molar refractivity (Wildman–Crippen MR) is 103 cm³/mol. The molecule has 2 heterocycles. The van der Waals surface area contributed by atoms with E-state index in [0.29, 0.717) is 30.4 Å². The smallest absolute Gasteiger partial charge is 0.328 e. The molecule has 1 aromatic rings. The van der Waals surface area contributed by atoms with E-state index in [1.807, 2.05) is 18.7 Å². The van der Waals surface area contributed by atoms with E-state index >= 15 is 0 Å². The summed E-state index contributed by atoms with van der Waals surface area (Å²) in [5, 5.41) is 4.48. The van der Waals surface area contributed by atoms with E-state index in [1.54, 1.807) is 17.5 Å². The van der Waals surface area contributed by atoms with Crippen LogP contribution in [-0.2, 0) is 24.3 Å². The zero-order valence-electron chi connectivity index (χ0n) is 15.9. The summed E-state index contributed by atoms with van der Waals surface area (Å²) < 4.78 is 31.6. The monoisotopic (exact) mass is 417 g/mol. The van der Waals surface area contributed by atoms with Crippen molar-refractivity contribution in [2.75, 3.05) is 39.8 Å². The van der Waals surface area contributed by atoms with Crippen LogP contribution in [0.4, 0.5) is 0 Å². The second-order valence-electron chi connectivity index (χ2n) is 6.57. The highest BCUT2D eigenvalue weighted by Crippen LogP contribution is 2.22. The number of rotatable bonds is 8. The molecule has 0 aliphatic carbocycles. The molecule has 1 aliphatic rings. The summed E-state index contributed by atoms with van der Waals surface area (Å²) in [5.41, 5.74) is 0. The number of amides is 1. The predicted octanol–water partition coefficient (Wildman–Crippen LogP) is 0.758. The summed E-state index contributed by atoms with van der Waals surface area (Å²) in [6, 6.07) is 2.64. The number of nitrogens with one attached hydrogen (secondary N) is 1. The van der Waals surface area contributed by atoms with Gasteiger partial charge >= 0.3 is 5.97 Å². The number of carbonyl (C=O) groups is 2. The zero-order chi connectivity index (χ0) is 20.0. The van der Waals surface area contributed by atoms with Crippen LogP contribution in [0.5, 0.6) is 0 Å². The summed E-state index contributed by atoms with van der Waals surface area (Å²) in [7, 11) is -2.15. The normalized spacial score (nSPS) is 18.6. The van der Waals surface area contributed by atoms with Gasteiger partial charge in [0.25, 0.3) is 10.0 Å². The molecule has 1 aliphatic heterocycles. The highest BCUT2D eigenvalue weighted by molar-refractivity contribution is 7.91. The Balaban J connectivity index is 1.87. The molecule has 1 amide bonds. The van der Waals surface area contributed by atoms with Crippen molar-refractivity contribution < 1.29 is 22.7 Å². The fourth-order valence-corrected chi connectivity index (χ4v) is 5.45. The molecule has 10 heteroatoms. The first kappa shape index (κ1) is 21.8. The van der Waals surface area contributed by atoms with E-state index in [9.17, 15) is 18.0 Å². The van der Waals surface area contributed by atoms with Crippen LogP contribution in [0.2, 0.25) is 0 Å². The van der Waals surface area contributed by atoms with Gasteiger partial charge in [0.2, 0.25) is 5.91 Å². The molecule has 2 atom stereocenters. The summed E-state index contributed by atoms with van der Waals surface area (Å²) in [6.07, 6.45) is 0.735. The van der Waals surface area contributed by atoms with Crippen LogP contribution >= 0.6 is 11.3 Å². The number of hydrogen-bond acceptors (Lipinski definition) is 7. The Morgan fingerprint density at radius 2 is 1.96 bits per heavy atom. The van der Waals surface area contributed by atoms with Gasteiger partial charge in [0.05, 0.1) is 13.7 Å². The number of esters is 1. The molecule has 0 aromatic carbocycles. The number of sulfonamides is 1. The SMILES string of the molecule is CC[C@@H](C)[C@H](NC(=O)CN1CCN(S(=O)(=O)c2cccs2)CC1)C(=O)OC. The molecule has 0 saturated carbocycles. The van der Waals surface area contributed by atoms with Crippen molar-refractivity contribution in [1.29, 1.82) is 0 Å². The number of carbonyl (C=O) groups excluding carboxylic acids is 2. The second kappa shape index (κ2) is 9.63. The summed E-state index contributed by atoms with van der Waals surface area (Å²) in [4.78, 5) is 26.1. The highest BCUT2D eigenvalue weighted by atomic mass is 32.2. The van der Waals surface area contributed by atoms with Crippen LogP contribution in [0.25, 0.3) is 0 Å². The van der Waals surface area contributed by atoms with E-state index in [0.717, 1.165) is 6.42 Å². The molecule has 1 fully saturated rings. The maximum Gasteiger partial charge on any atom is 0.328 e. The first-order valence-corrected chi connectivity index (χ1v) is 11.2. The van der Waals surface area contributed by atoms with Crippen molar-refractivity contribution in [2.45, 2.75) is 30.5 Å². The standard InChI is InChI=1S/C17H27N3O5S2/c1-4-13(2)16(17(22)25-3)18-14(21)12-19-7-9-20(10-8-19)27(23,24)15-6-5-11-26-15/h5-6,11,13,16H,4,7-10,12H2,1-3H3,(H,18,21)/t13-,16+/m1/s1. The van der Waals surface area contributed by atoms with Crippen molar-refractivity contribution in [1.82, 2.24) is 14.5 Å². The Morgan fingerprint density at radius 3 is 2.48 bits per heavy atom. The lowest BCUT2D eigenvalue weighted by Gasteiger charge is -2.33. The number of piperazine rings is 1. The van der Waals surface area contributed by atoms with Crippen LogP contribution in [0.3, 0.4) is 0 Å². The molecule has 0 bridgehead atoms. The number of methoxy groups -OCH3 is 1. The lowest BCUT2D eigenvalue weighted by Crippen LogP contribution is -2.53. The molecule has 0 unspecified atom stereocenters. The van der Waals surface area contributed by atoms with Gasteiger partial charge in [-0.3, -0.25) is 9.69 Å². The molecule has 1 saturated heterocycles. The van der Waals surface area contributed by atoms with Gasteiger partial charge in [-0.05, 0) is 17.4 Å². The van der Waals surface area contributed by atoms with E-state index in [4.69, 9.17) is 4.74 Å². The first-order valence-electron chi connectivity index (χ1n) is 8.92. The van der Waals surface area contributed by atoms with Crippen molar-refractivity contribution in [3.63, 3.8) is 0 Å². The molecule has 8 nitrogen and oxygen atoms in total. The molecule has 27 heavy (non-hydrogen) atoms. The van der Waals surface area contributed by atoms with E-state index < -0.39 is 22.0 Å². The van der Waals surface area contributed by atoms with Gasteiger partial charge in [-0.25, -0.2) is 13.2 Å². The Labute approximate surface area is 164 Å². The number of thiophene rings is 1. The molecule has 1 N–H and O–H groups in total. The Hall–Kier alpha value is -1.49. The van der Waals surface area contributed by atoms with Gasteiger partial charge in [-0.15, -0.1) is 11.3 Å². The highest BCUT2D eigenvalue weighted by Gasteiger charge is 2.31. The van der Waals surface area contributed by atoms with E-state index in [-0.39, 0.29) is 18.4 Å². The molecular formula is C17H27N3O5S2. The van der Waals surface area contributed by atoms with Crippen LogP contribution in [0.15, 0.2) is 21.7 Å². The van der Waals surface area contributed by atoms with Gasteiger partial charge in [-0.1, -0.05) is 26.3 Å².